The van der Waals surface area contributed by atoms with Crippen LogP contribution in [0.3, 0.4) is 0 Å². The number of ether oxygens (including phenoxy) is 1. The number of carbonyl (C=O) groups is 2. The van der Waals surface area contributed by atoms with E-state index in [-0.39, 0.29) is 11.9 Å². The van der Waals surface area contributed by atoms with Crippen molar-refractivity contribution in [2.24, 2.45) is 5.92 Å². The fourth-order valence-corrected chi connectivity index (χ4v) is 6.05. The Balaban J connectivity index is 1.23. The molecule has 1 aliphatic rings. The van der Waals surface area contributed by atoms with Gasteiger partial charge in [-0.05, 0) is 68.4 Å². The number of halogens is 3. The molecule has 0 saturated heterocycles. The third-order valence-corrected chi connectivity index (χ3v) is 8.24. The van der Waals surface area contributed by atoms with Gasteiger partial charge in [-0.2, -0.15) is 13.2 Å². The zero-order chi connectivity index (χ0) is 29.0. The molecule has 1 N–H and O–H groups in total. The highest BCUT2D eigenvalue weighted by Gasteiger charge is 2.42. The molecule has 41 heavy (non-hydrogen) atoms. The van der Waals surface area contributed by atoms with Gasteiger partial charge in [-0.25, -0.2) is 9.97 Å². The molecule has 7 nitrogen and oxygen atoms in total. The van der Waals surface area contributed by atoms with Gasteiger partial charge in [0.1, 0.15) is 0 Å². The van der Waals surface area contributed by atoms with Crippen molar-refractivity contribution in [1.29, 1.82) is 0 Å². The first-order valence-electron chi connectivity index (χ1n) is 13.4. The van der Waals surface area contributed by atoms with Gasteiger partial charge in [0.2, 0.25) is 11.7 Å². The molecular formula is C30H28F3N3O4S. The van der Waals surface area contributed by atoms with Crippen molar-refractivity contribution in [2.75, 3.05) is 11.9 Å². The van der Waals surface area contributed by atoms with Crippen LogP contribution in [-0.2, 0) is 15.7 Å². The van der Waals surface area contributed by atoms with E-state index < -0.39 is 23.5 Å². The second-order valence-electron chi connectivity index (χ2n) is 9.88. The van der Waals surface area contributed by atoms with E-state index in [1.165, 1.54) is 0 Å². The second kappa shape index (κ2) is 12.3. The number of rotatable bonds is 8. The summed E-state index contributed by atoms with van der Waals surface area (Å²) in [7, 11) is 0. The fourth-order valence-electron chi connectivity index (χ4n) is 4.96. The van der Waals surface area contributed by atoms with Crippen LogP contribution in [0.15, 0.2) is 65.2 Å². The molecule has 0 aliphatic heterocycles. The lowest BCUT2D eigenvalue weighted by Gasteiger charge is -2.26. The zero-order valence-electron chi connectivity index (χ0n) is 22.2. The molecule has 2 aromatic carbocycles. The second-order valence-corrected chi connectivity index (χ2v) is 10.9. The van der Waals surface area contributed by atoms with Gasteiger partial charge in [-0.15, -0.1) is 11.3 Å². The number of thiazole rings is 1. The molecule has 2 heterocycles. The molecule has 1 amide bonds. The third-order valence-electron chi connectivity index (χ3n) is 7.03. The lowest BCUT2D eigenvalue weighted by Crippen LogP contribution is -2.18. The number of nitrogens with zero attached hydrogens (tertiary/aromatic N) is 2. The van der Waals surface area contributed by atoms with Crippen LogP contribution < -0.4 is 5.32 Å². The molecule has 1 saturated carbocycles. The Kier molecular flexibility index (Phi) is 8.53. The molecule has 11 heteroatoms. The lowest BCUT2D eigenvalue weighted by molar-refractivity contribution is -0.153. The van der Waals surface area contributed by atoms with Crippen molar-refractivity contribution in [1.82, 2.24) is 9.97 Å². The average molecular weight is 584 g/mol. The first kappa shape index (κ1) is 28.5. The first-order chi connectivity index (χ1) is 19.7. The fraction of sp³-hybridized carbons (Fsp3) is 0.333. The van der Waals surface area contributed by atoms with Gasteiger partial charge in [0.25, 0.3) is 5.91 Å². The highest BCUT2D eigenvalue weighted by Crippen LogP contribution is 2.41. The molecule has 4 aromatic rings. The number of esters is 1. The van der Waals surface area contributed by atoms with Crippen LogP contribution >= 0.6 is 11.3 Å². The number of nitrogens with one attached hydrogen (secondary N) is 1. The average Bonchev–Trinajstić information content (AvgIpc) is 3.63. The van der Waals surface area contributed by atoms with Gasteiger partial charge in [0, 0.05) is 29.8 Å². The van der Waals surface area contributed by atoms with Crippen molar-refractivity contribution in [2.45, 2.75) is 51.1 Å². The van der Waals surface area contributed by atoms with Crippen molar-refractivity contribution < 1.29 is 31.9 Å². The SMILES string of the molecule is CCOC(=O)CC1CCC(c2ncc(-c3ccc(NC(=O)c4nc(-c5ccccc5)oc4C(F)(F)F)cc3)s2)CC1. The third kappa shape index (κ3) is 6.84. The summed E-state index contributed by atoms with van der Waals surface area (Å²) in [6, 6.07) is 14.9. The molecule has 0 bridgehead atoms. The maximum Gasteiger partial charge on any atom is 0.452 e. The number of oxazole rings is 1. The quantitative estimate of drug-likeness (QED) is 0.212. The van der Waals surface area contributed by atoms with E-state index in [1.54, 1.807) is 65.9 Å². The maximum absolute atomic E-state index is 13.6. The number of amides is 1. The normalized spacial score (nSPS) is 17.3. The van der Waals surface area contributed by atoms with E-state index in [0.29, 0.717) is 36.1 Å². The van der Waals surface area contributed by atoms with Crippen LogP contribution in [0.25, 0.3) is 21.9 Å². The molecule has 0 spiro atoms. The lowest BCUT2D eigenvalue weighted by atomic mass is 9.81. The van der Waals surface area contributed by atoms with Gasteiger partial charge in [-0.1, -0.05) is 30.3 Å². The Morgan fingerprint density at radius 2 is 1.73 bits per heavy atom. The number of benzene rings is 2. The number of hydrogen-bond donors (Lipinski definition) is 1. The minimum Gasteiger partial charge on any atom is -0.466 e. The summed E-state index contributed by atoms with van der Waals surface area (Å²) in [5.41, 5.74) is 0.701. The number of aromatic nitrogens is 2. The van der Waals surface area contributed by atoms with Gasteiger partial charge < -0.3 is 14.5 Å². The Labute approximate surface area is 238 Å². The number of alkyl halides is 3. The molecular weight excluding hydrogens is 555 g/mol. The van der Waals surface area contributed by atoms with E-state index in [9.17, 15) is 22.8 Å². The summed E-state index contributed by atoms with van der Waals surface area (Å²) in [6.07, 6.45) is 1.25. The maximum atomic E-state index is 13.6. The minimum absolute atomic E-state index is 0.133. The number of hydrogen-bond acceptors (Lipinski definition) is 7. The predicted molar refractivity (Wildman–Crippen MR) is 148 cm³/mol. The van der Waals surface area contributed by atoms with E-state index in [1.807, 2.05) is 13.1 Å². The van der Waals surface area contributed by atoms with Crippen molar-refractivity contribution in [3.05, 3.63) is 77.3 Å². The van der Waals surface area contributed by atoms with Crippen molar-refractivity contribution >= 4 is 28.9 Å². The van der Waals surface area contributed by atoms with E-state index in [2.05, 4.69) is 15.3 Å². The molecule has 0 radical (unpaired) electrons. The number of anilines is 1. The zero-order valence-corrected chi connectivity index (χ0v) is 23.1. The standard InChI is InChI=1S/C30H28F3N3O4S/c1-2-39-24(37)16-18-8-10-21(11-9-18)29-34-17-23(41-29)19-12-14-22(15-13-19)35-27(38)25-26(30(31,32)33)40-28(36-25)20-6-4-3-5-7-20/h3-7,12-15,17-18,21H,2,8-11,16H2,1H3,(H,35,38). The monoisotopic (exact) mass is 583 g/mol. The van der Waals surface area contributed by atoms with Gasteiger partial charge in [0.15, 0.2) is 5.69 Å². The van der Waals surface area contributed by atoms with Gasteiger partial charge in [0.05, 0.1) is 16.5 Å². The largest absolute Gasteiger partial charge is 0.466 e. The Morgan fingerprint density at radius 3 is 2.39 bits per heavy atom. The topological polar surface area (TPSA) is 94.3 Å². The summed E-state index contributed by atoms with van der Waals surface area (Å²) in [6.45, 7) is 2.21. The molecule has 214 valence electrons. The van der Waals surface area contributed by atoms with E-state index >= 15 is 0 Å². The highest BCUT2D eigenvalue weighted by molar-refractivity contribution is 7.15. The predicted octanol–water partition coefficient (Wildman–Crippen LogP) is 7.96. The molecule has 0 atom stereocenters. The van der Waals surface area contributed by atoms with Crippen LogP contribution in [-0.4, -0.2) is 28.5 Å². The summed E-state index contributed by atoms with van der Waals surface area (Å²) in [5, 5.41) is 3.54. The van der Waals surface area contributed by atoms with Crippen LogP contribution in [0.1, 0.15) is 66.2 Å². The molecule has 2 aromatic heterocycles. The summed E-state index contributed by atoms with van der Waals surface area (Å²) in [5.74, 6) is -2.19. The molecule has 5 rings (SSSR count). The number of carbonyl (C=O) groups excluding carboxylic acids is 2. The Bertz CT molecular complexity index is 1490. The summed E-state index contributed by atoms with van der Waals surface area (Å²) >= 11 is 1.60. The summed E-state index contributed by atoms with van der Waals surface area (Å²) in [4.78, 5) is 34.0. The smallest absolute Gasteiger partial charge is 0.452 e. The van der Waals surface area contributed by atoms with Crippen LogP contribution in [0.4, 0.5) is 18.9 Å². The molecule has 0 unspecified atom stereocenters. The summed E-state index contributed by atoms with van der Waals surface area (Å²) < 4.78 is 50.9. The molecule has 1 aliphatic carbocycles. The van der Waals surface area contributed by atoms with Crippen LogP contribution in [0.5, 0.6) is 0 Å². The Morgan fingerprint density at radius 1 is 1.02 bits per heavy atom. The van der Waals surface area contributed by atoms with Crippen molar-refractivity contribution in [3.8, 4) is 21.9 Å². The van der Waals surface area contributed by atoms with Gasteiger partial charge in [-0.3, -0.25) is 9.59 Å². The minimum atomic E-state index is -4.89. The van der Waals surface area contributed by atoms with E-state index in [0.717, 1.165) is 41.1 Å². The van der Waals surface area contributed by atoms with Crippen LogP contribution in [0, 0.1) is 5.92 Å². The van der Waals surface area contributed by atoms with E-state index in [4.69, 9.17) is 9.15 Å². The van der Waals surface area contributed by atoms with Gasteiger partial charge >= 0.3 is 12.1 Å². The highest BCUT2D eigenvalue weighted by atomic mass is 32.1. The van der Waals surface area contributed by atoms with Crippen molar-refractivity contribution in [3.63, 3.8) is 0 Å². The first-order valence-corrected chi connectivity index (χ1v) is 14.2. The molecule has 1 fully saturated rings. The Hall–Kier alpha value is -3.99. The van der Waals surface area contributed by atoms with Crippen LogP contribution in [0.2, 0.25) is 0 Å².